The van der Waals surface area contributed by atoms with Gasteiger partial charge in [0.2, 0.25) is 0 Å². The van der Waals surface area contributed by atoms with E-state index in [-0.39, 0.29) is 11.9 Å². The van der Waals surface area contributed by atoms with Crippen molar-refractivity contribution in [1.82, 2.24) is 10.3 Å². The fraction of sp³-hybridized carbons (Fsp3) is 0.600. The van der Waals surface area contributed by atoms with Gasteiger partial charge in [-0.2, -0.15) is 0 Å². The van der Waals surface area contributed by atoms with E-state index in [0.29, 0.717) is 12.2 Å². The Balaban J connectivity index is 2.59. The third-order valence-electron chi connectivity index (χ3n) is 2.19. The van der Waals surface area contributed by atoms with Gasteiger partial charge in [0, 0.05) is 26.1 Å². The van der Waals surface area contributed by atoms with Gasteiger partial charge in [-0.3, -0.25) is 4.79 Å². The van der Waals surface area contributed by atoms with E-state index in [1.807, 2.05) is 0 Å². The number of methoxy groups -OCH3 is 2. The maximum absolute atomic E-state index is 11.8. The minimum absolute atomic E-state index is 0.257. The molecule has 1 atom stereocenters. The molecule has 0 bridgehead atoms. The molecule has 1 unspecified atom stereocenters. The van der Waals surface area contributed by atoms with Crippen LogP contribution in [0.2, 0.25) is 0 Å². The predicted octanol–water partition coefficient (Wildman–Crippen LogP) is 0.339. The van der Waals surface area contributed by atoms with Gasteiger partial charge in [0.05, 0.1) is 6.04 Å². The molecule has 3 N–H and O–H groups in total. The Bertz CT molecular complexity index is 365. The third kappa shape index (κ3) is 3.74. The molecule has 0 fully saturated rings. The lowest BCUT2D eigenvalue weighted by Gasteiger charge is -2.21. The van der Waals surface area contributed by atoms with Crippen LogP contribution in [-0.4, -0.2) is 37.4 Å². The number of aromatic nitrogens is 1. The van der Waals surface area contributed by atoms with Crippen LogP contribution in [0.3, 0.4) is 0 Å². The fourth-order valence-electron chi connectivity index (χ4n) is 1.36. The van der Waals surface area contributed by atoms with Crippen molar-refractivity contribution >= 4 is 17.2 Å². The highest BCUT2D eigenvalue weighted by Gasteiger charge is 2.20. The van der Waals surface area contributed by atoms with Gasteiger partial charge in [-0.05, 0) is 6.92 Å². The van der Waals surface area contributed by atoms with Crippen molar-refractivity contribution in [1.29, 1.82) is 0 Å². The number of nitrogens with two attached hydrogens (primary N) is 1. The maximum Gasteiger partial charge on any atom is 0.271 e. The standard InChI is InChI=1S/C10H17N3O3S/c1-6(10(15-2)16-3)12-9(14)7-5-17-8(4-11)13-7/h5-6,10H,4,11H2,1-3H3,(H,12,14). The summed E-state index contributed by atoms with van der Waals surface area (Å²) in [7, 11) is 3.04. The van der Waals surface area contributed by atoms with Gasteiger partial charge in [-0.25, -0.2) is 4.98 Å². The lowest BCUT2D eigenvalue weighted by Crippen LogP contribution is -2.43. The van der Waals surface area contributed by atoms with Gasteiger partial charge >= 0.3 is 0 Å². The number of nitrogens with zero attached hydrogens (tertiary/aromatic N) is 1. The molecule has 7 heteroatoms. The summed E-state index contributed by atoms with van der Waals surface area (Å²) in [5.74, 6) is -0.257. The smallest absolute Gasteiger partial charge is 0.271 e. The quantitative estimate of drug-likeness (QED) is 0.719. The van der Waals surface area contributed by atoms with Crippen molar-refractivity contribution in [2.45, 2.75) is 25.8 Å². The number of thiazole rings is 1. The van der Waals surface area contributed by atoms with Crippen molar-refractivity contribution in [3.05, 3.63) is 16.1 Å². The summed E-state index contributed by atoms with van der Waals surface area (Å²) in [6.07, 6.45) is -0.480. The molecule has 0 aliphatic carbocycles. The van der Waals surface area contributed by atoms with E-state index in [4.69, 9.17) is 15.2 Å². The molecule has 0 saturated heterocycles. The van der Waals surface area contributed by atoms with Gasteiger partial charge in [0.15, 0.2) is 6.29 Å². The number of nitrogens with one attached hydrogen (secondary N) is 1. The Morgan fingerprint density at radius 1 is 1.59 bits per heavy atom. The number of ether oxygens (including phenoxy) is 2. The van der Waals surface area contributed by atoms with Gasteiger partial charge < -0.3 is 20.5 Å². The summed E-state index contributed by atoms with van der Waals surface area (Å²) >= 11 is 1.37. The van der Waals surface area contributed by atoms with E-state index >= 15 is 0 Å². The normalized spacial score (nSPS) is 12.8. The molecule has 0 saturated carbocycles. The molecule has 1 heterocycles. The van der Waals surface area contributed by atoms with Gasteiger partial charge in [-0.1, -0.05) is 0 Å². The van der Waals surface area contributed by atoms with Crippen molar-refractivity contribution in [2.75, 3.05) is 14.2 Å². The molecular weight excluding hydrogens is 242 g/mol. The highest BCUT2D eigenvalue weighted by molar-refractivity contribution is 7.09. The fourth-order valence-corrected chi connectivity index (χ4v) is 2.02. The molecule has 17 heavy (non-hydrogen) atoms. The van der Waals surface area contributed by atoms with Crippen molar-refractivity contribution in [3.63, 3.8) is 0 Å². The number of hydrogen-bond donors (Lipinski definition) is 2. The van der Waals surface area contributed by atoms with Crippen LogP contribution in [0, 0.1) is 0 Å². The monoisotopic (exact) mass is 259 g/mol. The van der Waals surface area contributed by atoms with E-state index in [1.165, 1.54) is 25.6 Å². The highest BCUT2D eigenvalue weighted by Crippen LogP contribution is 2.09. The number of carbonyl (C=O) groups is 1. The first-order valence-corrected chi connectivity index (χ1v) is 6.01. The summed E-state index contributed by atoms with van der Waals surface area (Å²) in [5, 5.41) is 5.16. The zero-order valence-electron chi connectivity index (χ0n) is 10.1. The number of rotatable bonds is 6. The van der Waals surface area contributed by atoms with Crippen LogP contribution >= 0.6 is 11.3 Å². The van der Waals surface area contributed by atoms with E-state index in [0.717, 1.165) is 5.01 Å². The average molecular weight is 259 g/mol. The van der Waals surface area contributed by atoms with Crippen LogP contribution in [0.25, 0.3) is 0 Å². The second kappa shape index (κ2) is 6.65. The Morgan fingerprint density at radius 2 is 2.24 bits per heavy atom. The third-order valence-corrected chi connectivity index (χ3v) is 3.06. The molecule has 1 rings (SSSR count). The number of amides is 1. The Morgan fingerprint density at radius 3 is 2.71 bits per heavy atom. The molecule has 1 aromatic rings. The van der Waals surface area contributed by atoms with Crippen LogP contribution in [0.1, 0.15) is 22.4 Å². The molecule has 0 aromatic carbocycles. The van der Waals surface area contributed by atoms with Gasteiger partial charge in [0.1, 0.15) is 10.7 Å². The zero-order valence-corrected chi connectivity index (χ0v) is 10.9. The Hall–Kier alpha value is -1.02. The van der Waals surface area contributed by atoms with Crippen LogP contribution < -0.4 is 11.1 Å². The van der Waals surface area contributed by atoms with E-state index in [9.17, 15) is 4.79 Å². The number of hydrogen-bond acceptors (Lipinski definition) is 6. The lowest BCUT2D eigenvalue weighted by atomic mass is 10.3. The van der Waals surface area contributed by atoms with Crippen molar-refractivity contribution in [2.24, 2.45) is 5.73 Å². The van der Waals surface area contributed by atoms with E-state index in [1.54, 1.807) is 12.3 Å². The number of carbonyl (C=O) groups excluding carboxylic acids is 1. The van der Waals surface area contributed by atoms with Crippen LogP contribution in [-0.2, 0) is 16.0 Å². The molecule has 0 radical (unpaired) electrons. The molecule has 0 aliphatic heterocycles. The lowest BCUT2D eigenvalue weighted by molar-refractivity contribution is -0.117. The van der Waals surface area contributed by atoms with Gasteiger partial charge in [0.25, 0.3) is 5.91 Å². The predicted molar refractivity (Wildman–Crippen MR) is 64.7 cm³/mol. The maximum atomic E-state index is 11.8. The summed E-state index contributed by atoms with van der Waals surface area (Å²) in [4.78, 5) is 15.9. The first-order valence-electron chi connectivity index (χ1n) is 5.13. The first kappa shape index (κ1) is 14.0. The minimum atomic E-state index is -0.480. The summed E-state index contributed by atoms with van der Waals surface area (Å²) < 4.78 is 10.1. The molecule has 1 aromatic heterocycles. The highest BCUT2D eigenvalue weighted by atomic mass is 32.1. The van der Waals surface area contributed by atoms with E-state index < -0.39 is 6.29 Å². The molecule has 0 aliphatic rings. The molecule has 0 spiro atoms. The van der Waals surface area contributed by atoms with Crippen LogP contribution in [0.5, 0.6) is 0 Å². The first-order chi connectivity index (χ1) is 8.12. The van der Waals surface area contributed by atoms with Crippen LogP contribution in [0.4, 0.5) is 0 Å². The average Bonchev–Trinajstić information content (AvgIpc) is 2.79. The topological polar surface area (TPSA) is 86.5 Å². The summed E-state index contributed by atoms with van der Waals surface area (Å²) in [5.41, 5.74) is 5.80. The second-order valence-electron chi connectivity index (χ2n) is 3.43. The zero-order chi connectivity index (χ0) is 12.8. The molecular formula is C10H17N3O3S. The second-order valence-corrected chi connectivity index (χ2v) is 4.38. The Labute approximate surface area is 104 Å². The minimum Gasteiger partial charge on any atom is -0.354 e. The van der Waals surface area contributed by atoms with E-state index in [2.05, 4.69) is 10.3 Å². The summed E-state index contributed by atoms with van der Waals surface area (Å²) in [6, 6.07) is -0.263. The van der Waals surface area contributed by atoms with Gasteiger partial charge in [-0.15, -0.1) is 11.3 Å². The largest absolute Gasteiger partial charge is 0.354 e. The Kier molecular flexibility index (Phi) is 5.49. The van der Waals surface area contributed by atoms with Crippen LogP contribution in [0.15, 0.2) is 5.38 Å². The molecule has 6 nitrogen and oxygen atoms in total. The van der Waals surface area contributed by atoms with Crippen molar-refractivity contribution in [3.8, 4) is 0 Å². The molecule has 96 valence electrons. The molecule has 1 amide bonds. The van der Waals surface area contributed by atoms with Crippen molar-refractivity contribution < 1.29 is 14.3 Å². The summed E-state index contributed by atoms with van der Waals surface area (Å²) in [6.45, 7) is 2.14. The SMILES string of the molecule is COC(OC)C(C)NC(=O)c1csc(CN)n1.